The molecule has 33 heavy (non-hydrogen) atoms. The van der Waals surface area contributed by atoms with Gasteiger partial charge in [0.05, 0.1) is 5.56 Å². The minimum atomic E-state index is -0.222. The lowest BCUT2D eigenvalue weighted by Gasteiger charge is -2.17. The number of nitrogens with zero attached hydrogens (tertiary/aromatic N) is 2. The van der Waals surface area contributed by atoms with Gasteiger partial charge in [0, 0.05) is 41.6 Å². The molecule has 7 heteroatoms. The molecule has 172 valence electrons. The minimum absolute atomic E-state index is 0.0873. The molecule has 3 aromatic rings. The average Bonchev–Trinajstić information content (AvgIpc) is 2.85. The molecule has 3 rings (SSSR count). The number of hydrogen-bond donors (Lipinski definition) is 3. The normalized spacial score (nSPS) is 10.6. The number of amides is 2. The van der Waals surface area contributed by atoms with Crippen LogP contribution < -0.4 is 16.0 Å². The first-order valence-electron chi connectivity index (χ1n) is 11.3. The number of aromatic nitrogens is 1. The van der Waals surface area contributed by atoms with E-state index in [4.69, 9.17) is 0 Å². The van der Waals surface area contributed by atoms with Crippen LogP contribution in [0.1, 0.15) is 41.0 Å². The molecule has 0 aliphatic rings. The largest absolute Gasteiger partial charge is 0.355 e. The van der Waals surface area contributed by atoms with Crippen LogP contribution in [0, 0.1) is 0 Å². The Balaban J connectivity index is 1.57. The highest BCUT2D eigenvalue weighted by Gasteiger charge is 2.08. The van der Waals surface area contributed by atoms with E-state index < -0.39 is 0 Å². The van der Waals surface area contributed by atoms with Crippen LogP contribution in [-0.2, 0) is 0 Å². The Bertz CT molecular complexity index is 1050. The smallest absolute Gasteiger partial charge is 0.257 e. The molecule has 2 amide bonds. The van der Waals surface area contributed by atoms with Crippen LogP contribution in [0.15, 0.2) is 73.1 Å². The number of hydrogen-bond acceptors (Lipinski definition) is 5. The van der Waals surface area contributed by atoms with Gasteiger partial charge in [-0.2, -0.15) is 0 Å². The van der Waals surface area contributed by atoms with Crippen LogP contribution in [0.5, 0.6) is 0 Å². The predicted octanol–water partition coefficient (Wildman–Crippen LogP) is 4.54. The molecular formula is C26H31N5O2. The number of carbonyl (C=O) groups excluding carboxylic acids is 2. The number of pyridine rings is 1. The Morgan fingerprint density at radius 2 is 1.55 bits per heavy atom. The molecule has 1 heterocycles. The maximum absolute atomic E-state index is 12.5. The van der Waals surface area contributed by atoms with Crippen molar-refractivity contribution >= 4 is 28.9 Å². The Hall–Kier alpha value is -3.71. The third kappa shape index (κ3) is 7.43. The maximum Gasteiger partial charge on any atom is 0.257 e. The summed E-state index contributed by atoms with van der Waals surface area (Å²) in [5.74, 6) is -0.310. The van der Waals surface area contributed by atoms with Gasteiger partial charge in [-0.15, -0.1) is 0 Å². The van der Waals surface area contributed by atoms with E-state index in [-0.39, 0.29) is 11.8 Å². The highest BCUT2D eigenvalue weighted by atomic mass is 16.2. The van der Waals surface area contributed by atoms with Crippen molar-refractivity contribution in [3.8, 4) is 0 Å². The van der Waals surface area contributed by atoms with Crippen molar-refractivity contribution in [2.45, 2.75) is 20.3 Å². The number of carbonyl (C=O) groups is 2. The van der Waals surface area contributed by atoms with Crippen LogP contribution >= 0.6 is 0 Å². The quantitative estimate of drug-likeness (QED) is 0.377. The molecule has 0 radical (unpaired) electrons. The SMILES string of the molecule is CCN(CC)CCCNC(=O)c1cccc(Nc2cccc(NC(=O)c3cccnc3)c2)c1. The molecule has 0 saturated heterocycles. The van der Waals surface area contributed by atoms with Gasteiger partial charge < -0.3 is 20.9 Å². The lowest BCUT2D eigenvalue weighted by atomic mass is 10.1. The topological polar surface area (TPSA) is 86.4 Å². The van der Waals surface area contributed by atoms with Gasteiger partial charge in [-0.05, 0) is 74.6 Å². The summed E-state index contributed by atoms with van der Waals surface area (Å²) in [4.78, 5) is 31.2. The highest BCUT2D eigenvalue weighted by molar-refractivity contribution is 6.04. The molecule has 0 spiro atoms. The van der Waals surface area contributed by atoms with Crippen LogP contribution in [0.3, 0.4) is 0 Å². The Morgan fingerprint density at radius 1 is 0.848 bits per heavy atom. The number of nitrogens with one attached hydrogen (secondary N) is 3. The first-order chi connectivity index (χ1) is 16.1. The first kappa shape index (κ1) is 23.9. The van der Waals surface area contributed by atoms with Gasteiger partial charge in [0.2, 0.25) is 0 Å². The third-order valence-corrected chi connectivity index (χ3v) is 5.29. The standard InChI is InChI=1S/C26H31N5O2/c1-3-31(4-2)16-8-15-28-25(32)20-9-5-11-22(17-20)29-23-12-6-13-24(18-23)30-26(33)21-10-7-14-27-19-21/h5-7,9-14,17-19,29H,3-4,8,15-16H2,1-2H3,(H,28,32)(H,30,33). The highest BCUT2D eigenvalue weighted by Crippen LogP contribution is 2.21. The van der Waals surface area contributed by atoms with Crippen molar-refractivity contribution in [2.24, 2.45) is 0 Å². The van der Waals surface area contributed by atoms with Gasteiger partial charge in [-0.1, -0.05) is 26.0 Å². The van der Waals surface area contributed by atoms with E-state index in [0.29, 0.717) is 23.4 Å². The molecule has 0 saturated carbocycles. The van der Waals surface area contributed by atoms with Crippen molar-refractivity contribution in [1.29, 1.82) is 0 Å². The zero-order valence-electron chi connectivity index (χ0n) is 19.2. The van der Waals surface area contributed by atoms with Gasteiger partial charge in [0.25, 0.3) is 11.8 Å². The van der Waals surface area contributed by atoms with Crippen molar-refractivity contribution in [1.82, 2.24) is 15.2 Å². The van der Waals surface area contributed by atoms with Crippen molar-refractivity contribution in [3.05, 3.63) is 84.2 Å². The minimum Gasteiger partial charge on any atom is -0.355 e. The summed E-state index contributed by atoms with van der Waals surface area (Å²) in [6.07, 6.45) is 4.07. The summed E-state index contributed by atoms with van der Waals surface area (Å²) in [7, 11) is 0. The Labute approximate surface area is 195 Å². The maximum atomic E-state index is 12.5. The zero-order chi connectivity index (χ0) is 23.5. The molecule has 0 unspecified atom stereocenters. The second-order valence-electron chi connectivity index (χ2n) is 7.62. The summed E-state index contributed by atoms with van der Waals surface area (Å²) < 4.78 is 0. The predicted molar refractivity (Wildman–Crippen MR) is 133 cm³/mol. The fraction of sp³-hybridized carbons (Fsp3) is 0.269. The molecule has 1 aromatic heterocycles. The molecule has 0 aliphatic heterocycles. The van der Waals surface area contributed by atoms with E-state index in [2.05, 4.69) is 39.7 Å². The molecule has 3 N–H and O–H groups in total. The van der Waals surface area contributed by atoms with Crippen LogP contribution in [0.2, 0.25) is 0 Å². The summed E-state index contributed by atoms with van der Waals surface area (Å²) >= 11 is 0. The second-order valence-corrected chi connectivity index (χ2v) is 7.62. The van der Waals surface area contributed by atoms with Crippen LogP contribution in [-0.4, -0.2) is 47.9 Å². The van der Waals surface area contributed by atoms with Gasteiger partial charge in [-0.3, -0.25) is 14.6 Å². The second kappa shape index (κ2) is 12.4. The van der Waals surface area contributed by atoms with E-state index in [1.165, 1.54) is 6.20 Å². The van der Waals surface area contributed by atoms with Gasteiger partial charge in [0.15, 0.2) is 0 Å². The van der Waals surface area contributed by atoms with Crippen molar-refractivity contribution in [3.63, 3.8) is 0 Å². The molecule has 2 aromatic carbocycles. The zero-order valence-corrected chi connectivity index (χ0v) is 19.2. The van der Waals surface area contributed by atoms with E-state index in [9.17, 15) is 9.59 Å². The fourth-order valence-electron chi connectivity index (χ4n) is 3.43. The number of benzene rings is 2. The van der Waals surface area contributed by atoms with Gasteiger partial charge in [0.1, 0.15) is 0 Å². The number of anilines is 3. The summed E-state index contributed by atoms with van der Waals surface area (Å²) in [6, 6.07) is 18.2. The summed E-state index contributed by atoms with van der Waals surface area (Å²) in [6.45, 7) is 7.95. The number of rotatable bonds is 11. The monoisotopic (exact) mass is 445 g/mol. The fourth-order valence-corrected chi connectivity index (χ4v) is 3.43. The van der Waals surface area contributed by atoms with Gasteiger partial charge >= 0.3 is 0 Å². The molecule has 7 nitrogen and oxygen atoms in total. The van der Waals surface area contributed by atoms with Crippen molar-refractivity contribution in [2.75, 3.05) is 36.8 Å². The average molecular weight is 446 g/mol. The Kier molecular flexibility index (Phi) is 8.97. The van der Waals surface area contributed by atoms with Crippen LogP contribution in [0.4, 0.5) is 17.1 Å². The lowest BCUT2D eigenvalue weighted by Crippen LogP contribution is -2.29. The molecular weight excluding hydrogens is 414 g/mol. The third-order valence-electron chi connectivity index (χ3n) is 5.29. The first-order valence-corrected chi connectivity index (χ1v) is 11.3. The molecule has 0 bridgehead atoms. The van der Waals surface area contributed by atoms with E-state index in [0.717, 1.165) is 37.4 Å². The van der Waals surface area contributed by atoms with Gasteiger partial charge in [-0.25, -0.2) is 0 Å². The van der Waals surface area contributed by atoms with E-state index in [1.54, 1.807) is 24.4 Å². The molecule has 0 aliphatic carbocycles. The summed E-state index contributed by atoms with van der Waals surface area (Å²) in [5, 5.41) is 9.17. The molecule has 0 fully saturated rings. The van der Waals surface area contributed by atoms with Crippen LogP contribution in [0.25, 0.3) is 0 Å². The molecule has 0 atom stereocenters. The summed E-state index contributed by atoms with van der Waals surface area (Å²) in [5.41, 5.74) is 3.35. The van der Waals surface area contributed by atoms with E-state index >= 15 is 0 Å². The Morgan fingerprint density at radius 3 is 2.27 bits per heavy atom. The lowest BCUT2D eigenvalue weighted by molar-refractivity contribution is 0.0951. The van der Waals surface area contributed by atoms with Crippen molar-refractivity contribution < 1.29 is 9.59 Å². The van der Waals surface area contributed by atoms with E-state index in [1.807, 2.05) is 42.5 Å².